The van der Waals surface area contributed by atoms with E-state index < -0.39 is 0 Å². The van der Waals surface area contributed by atoms with E-state index in [4.69, 9.17) is 4.74 Å². The van der Waals surface area contributed by atoms with Gasteiger partial charge in [0, 0.05) is 18.1 Å². The topological polar surface area (TPSA) is 70.2 Å². The average Bonchev–Trinajstić information content (AvgIpc) is 3.27. The van der Waals surface area contributed by atoms with E-state index in [1.54, 1.807) is 7.11 Å². The van der Waals surface area contributed by atoms with Crippen molar-refractivity contribution in [3.63, 3.8) is 0 Å². The molecule has 0 aliphatic carbocycles. The zero-order valence-electron chi connectivity index (χ0n) is 14.0. The van der Waals surface area contributed by atoms with Gasteiger partial charge in [-0.15, -0.1) is 0 Å². The Bertz CT molecular complexity index is 677. The van der Waals surface area contributed by atoms with E-state index in [2.05, 4.69) is 20.4 Å². The molecule has 6 heteroatoms. The maximum absolute atomic E-state index is 12.0. The van der Waals surface area contributed by atoms with E-state index in [0.717, 1.165) is 30.0 Å². The summed E-state index contributed by atoms with van der Waals surface area (Å²) in [6.45, 7) is 3.35. The van der Waals surface area contributed by atoms with Crippen molar-refractivity contribution in [1.29, 1.82) is 0 Å². The van der Waals surface area contributed by atoms with Gasteiger partial charge in [0.2, 0.25) is 5.91 Å². The van der Waals surface area contributed by atoms with Crippen LogP contribution in [-0.2, 0) is 4.79 Å². The van der Waals surface area contributed by atoms with Crippen molar-refractivity contribution in [3.05, 3.63) is 30.3 Å². The number of aromatic amines is 1. The Morgan fingerprint density at radius 2 is 2.17 bits per heavy atom. The highest BCUT2D eigenvalue weighted by Crippen LogP contribution is 2.23. The number of nitrogens with zero attached hydrogens (tertiary/aromatic N) is 2. The fourth-order valence-electron chi connectivity index (χ4n) is 3.00. The van der Waals surface area contributed by atoms with E-state index in [0.29, 0.717) is 12.2 Å². The van der Waals surface area contributed by atoms with Gasteiger partial charge in [0.25, 0.3) is 0 Å². The number of H-pyrrole nitrogens is 1. The van der Waals surface area contributed by atoms with Crippen molar-refractivity contribution < 1.29 is 9.53 Å². The third kappa shape index (κ3) is 4.35. The highest BCUT2D eigenvalue weighted by Gasteiger charge is 2.12. The minimum atomic E-state index is 0.0119. The van der Waals surface area contributed by atoms with Crippen LogP contribution in [0.5, 0.6) is 5.75 Å². The molecule has 24 heavy (non-hydrogen) atoms. The molecule has 0 saturated carbocycles. The predicted octanol–water partition coefficient (Wildman–Crippen LogP) is 2.90. The van der Waals surface area contributed by atoms with Crippen LogP contribution in [0, 0.1) is 0 Å². The Morgan fingerprint density at radius 3 is 2.96 bits per heavy atom. The minimum Gasteiger partial charge on any atom is -0.497 e. The summed E-state index contributed by atoms with van der Waals surface area (Å²) in [5, 5.41) is 9.97. The number of amides is 1. The fourth-order valence-corrected chi connectivity index (χ4v) is 3.00. The number of aromatic nitrogens is 2. The number of anilines is 1. The SMILES string of the molecule is COc1cccc(-c2cc(NC(=O)CCCN3CCCC3)n[nH]2)c1. The van der Waals surface area contributed by atoms with Gasteiger partial charge in [-0.25, -0.2) is 0 Å². The summed E-state index contributed by atoms with van der Waals surface area (Å²) < 4.78 is 5.23. The molecule has 1 aliphatic rings. The molecule has 2 heterocycles. The molecule has 128 valence electrons. The molecule has 1 aromatic carbocycles. The van der Waals surface area contributed by atoms with E-state index in [9.17, 15) is 4.79 Å². The Morgan fingerprint density at radius 1 is 1.33 bits per heavy atom. The van der Waals surface area contributed by atoms with Crippen molar-refractivity contribution in [2.75, 3.05) is 32.1 Å². The third-order valence-electron chi connectivity index (χ3n) is 4.30. The molecule has 0 spiro atoms. The Hall–Kier alpha value is -2.34. The van der Waals surface area contributed by atoms with E-state index >= 15 is 0 Å². The van der Waals surface area contributed by atoms with Crippen LogP contribution in [0.15, 0.2) is 30.3 Å². The molecule has 1 saturated heterocycles. The van der Waals surface area contributed by atoms with Crippen LogP contribution in [0.4, 0.5) is 5.82 Å². The highest BCUT2D eigenvalue weighted by molar-refractivity contribution is 5.90. The lowest BCUT2D eigenvalue weighted by Crippen LogP contribution is -2.22. The number of likely N-dealkylation sites (tertiary alicyclic amines) is 1. The Kier molecular flexibility index (Phi) is 5.48. The Balaban J connectivity index is 1.50. The molecule has 2 N–H and O–H groups in total. The normalized spacial score (nSPS) is 14.7. The van der Waals surface area contributed by atoms with Crippen LogP contribution in [0.3, 0.4) is 0 Å². The van der Waals surface area contributed by atoms with Crippen LogP contribution in [0.1, 0.15) is 25.7 Å². The molecule has 0 bridgehead atoms. The van der Waals surface area contributed by atoms with Crippen molar-refractivity contribution in [1.82, 2.24) is 15.1 Å². The van der Waals surface area contributed by atoms with Crippen molar-refractivity contribution in [2.24, 2.45) is 0 Å². The minimum absolute atomic E-state index is 0.0119. The molecule has 0 atom stereocenters. The quantitative estimate of drug-likeness (QED) is 0.820. The van der Waals surface area contributed by atoms with Crippen molar-refractivity contribution in [2.45, 2.75) is 25.7 Å². The van der Waals surface area contributed by atoms with Crippen molar-refractivity contribution in [3.8, 4) is 17.0 Å². The van der Waals surface area contributed by atoms with E-state index in [1.807, 2.05) is 30.3 Å². The lowest BCUT2D eigenvalue weighted by atomic mass is 10.1. The number of carbonyl (C=O) groups is 1. The van der Waals surface area contributed by atoms with Gasteiger partial charge in [0.05, 0.1) is 12.8 Å². The molecule has 1 fully saturated rings. The lowest BCUT2D eigenvalue weighted by molar-refractivity contribution is -0.116. The standard InChI is InChI=1S/C18H24N4O2/c1-24-15-7-4-6-14(12-15)16-13-17(21-20-16)19-18(23)8-5-11-22-9-2-3-10-22/h4,6-7,12-13H,2-3,5,8-11H2,1H3,(H2,19,20,21,23). The van der Waals surface area contributed by atoms with Gasteiger partial charge < -0.3 is 15.0 Å². The van der Waals surface area contributed by atoms with Gasteiger partial charge >= 0.3 is 0 Å². The summed E-state index contributed by atoms with van der Waals surface area (Å²) in [5.74, 6) is 1.35. The second-order valence-electron chi connectivity index (χ2n) is 6.10. The number of hydrogen-bond donors (Lipinski definition) is 2. The molecule has 6 nitrogen and oxygen atoms in total. The van der Waals surface area contributed by atoms with Crippen LogP contribution < -0.4 is 10.1 Å². The number of methoxy groups -OCH3 is 1. The number of nitrogens with one attached hydrogen (secondary N) is 2. The van der Waals surface area contributed by atoms with Gasteiger partial charge in [0.15, 0.2) is 5.82 Å². The number of ether oxygens (including phenoxy) is 1. The van der Waals surface area contributed by atoms with Crippen LogP contribution >= 0.6 is 0 Å². The van der Waals surface area contributed by atoms with E-state index in [-0.39, 0.29) is 5.91 Å². The number of carbonyl (C=O) groups excluding carboxylic acids is 1. The fraction of sp³-hybridized carbons (Fsp3) is 0.444. The zero-order chi connectivity index (χ0) is 16.8. The second-order valence-corrected chi connectivity index (χ2v) is 6.10. The van der Waals surface area contributed by atoms with Gasteiger partial charge in [-0.05, 0) is 51.0 Å². The Labute approximate surface area is 142 Å². The first-order valence-corrected chi connectivity index (χ1v) is 8.46. The first kappa shape index (κ1) is 16.5. The molecule has 1 amide bonds. The van der Waals surface area contributed by atoms with Gasteiger partial charge in [-0.2, -0.15) is 5.10 Å². The van der Waals surface area contributed by atoms with Crippen LogP contribution in [0.2, 0.25) is 0 Å². The maximum Gasteiger partial charge on any atom is 0.225 e. The number of hydrogen-bond acceptors (Lipinski definition) is 4. The lowest BCUT2D eigenvalue weighted by Gasteiger charge is -2.13. The molecular formula is C18H24N4O2. The summed E-state index contributed by atoms with van der Waals surface area (Å²) >= 11 is 0. The van der Waals surface area contributed by atoms with Crippen LogP contribution in [0.25, 0.3) is 11.3 Å². The second kappa shape index (κ2) is 7.97. The van der Waals surface area contributed by atoms with E-state index in [1.165, 1.54) is 25.9 Å². The monoisotopic (exact) mass is 328 g/mol. The first-order chi connectivity index (χ1) is 11.7. The summed E-state index contributed by atoms with van der Waals surface area (Å²) in [7, 11) is 1.64. The third-order valence-corrected chi connectivity index (χ3v) is 4.30. The number of benzene rings is 1. The molecule has 1 aromatic heterocycles. The molecule has 0 radical (unpaired) electrons. The summed E-state index contributed by atoms with van der Waals surface area (Å²) in [6.07, 6.45) is 3.98. The smallest absolute Gasteiger partial charge is 0.225 e. The largest absolute Gasteiger partial charge is 0.497 e. The first-order valence-electron chi connectivity index (χ1n) is 8.46. The molecule has 0 unspecified atom stereocenters. The zero-order valence-corrected chi connectivity index (χ0v) is 14.0. The highest BCUT2D eigenvalue weighted by atomic mass is 16.5. The molecule has 3 rings (SSSR count). The summed E-state index contributed by atoms with van der Waals surface area (Å²) in [4.78, 5) is 14.4. The molecule has 1 aliphatic heterocycles. The summed E-state index contributed by atoms with van der Waals surface area (Å²) in [5.41, 5.74) is 1.82. The predicted molar refractivity (Wildman–Crippen MR) is 94.1 cm³/mol. The molecule has 2 aromatic rings. The maximum atomic E-state index is 12.0. The van der Waals surface area contributed by atoms with Gasteiger partial charge in [-0.1, -0.05) is 12.1 Å². The van der Waals surface area contributed by atoms with Crippen LogP contribution in [-0.4, -0.2) is 47.7 Å². The summed E-state index contributed by atoms with van der Waals surface area (Å²) in [6, 6.07) is 9.55. The van der Waals surface area contributed by atoms with Gasteiger partial charge in [0.1, 0.15) is 5.75 Å². The average molecular weight is 328 g/mol. The molecular weight excluding hydrogens is 304 g/mol. The van der Waals surface area contributed by atoms with Gasteiger partial charge in [-0.3, -0.25) is 9.89 Å². The number of rotatable bonds is 7. The van der Waals surface area contributed by atoms with Crippen molar-refractivity contribution >= 4 is 11.7 Å².